The molecule has 16 heavy (non-hydrogen) atoms. The van der Waals surface area contributed by atoms with Crippen molar-refractivity contribution in [3.8, 4) is 0 Å². The molecule has 4 nitrogen and oxygen atoms in total. The van der Waals surface area contributed by atoms with Gasteiger partial charge in [0.1, 0.15) is 5.82 Å². The number of hydrogen-bond donors (Lipinski definition) is 1. The lowest BCUT2D eigenvalue weighted by molar-refractivity contribution is 0.544. The summed E-state index contributed by atoms with van der Waals surface area (Å²) in [6.45, 7) is 9.02. The van der Waals surface area contributed by atoms with Gasteiger partial charge < -0.3 is 10.6 Å². The van der Waals surface area contributed by atoms with Gasteiger partial charge in [-0.25, -0.2) is 4.98 Å². The minimum absolute atomic E-state index is 0.446. The van der Waals surface area contributed by atoms with Crippen LogP contribution in [-0.2, 0) is 6.54 Å². The van der Waals surface area contributed by atoms with Gasteiger partial charge in [0, 0.05) is 25.8 Å². The molecule has 0 aliphatic carbocycles. The third kappa shape index (κ3) is 3.45. The smallest absolute Gasteiger partial charge is 0.147 e. The molecule has 1 heterocycles. The van der Waals surface area contributed by atoms with E-state index in [9.17, 15) is 0 Å². The Morgan fingerprint density at radius 3 is 2.69 bits per heavy atom. The fourth-order valence-corrected chi connectivity index (χ4v) is 1.54. The summed E-state index contributed by atoms with van der Waals surface area (Å²) in [7, 11) is 0. The fraction of sp³-hybridized carbons (Fsp3) is 0.667. The van der Waals surface area contributed by atoms with Gasteiger partial charge >= 0.3 is 0 Å². The monoisotopic (exact) mass is 222 g/mol. The van der Waals surface area contributed by atoms with Crippen LogP contribution in [0.5, 0.6) is 0 Å². The van der Waals surface area contributed by atoms with E-state index in [-0.39, 0.29) is 0 Å². The molecule has 1 unspecified atom stereocenters. The van der Waals surface area contributed by atoms with Crippen molar-refractivity contribution >= 4 is 5.82 Å². The van der Waals surface area contributed by atoms with Gasteiger partial charge in [0.05, 0.1) is 11.9 Å². The first-order valence-electron chi connectivity index (χ1n) is 5.97. The maximum Gasteiger partial charge on any atom is 0.147 e. The standard InChI is InChI=1S/C12H22N4/c1-4-10(3)9-16(5-2)12-8-14-7-11(6-13)15-12/h7-8,10H,4-6,9,13H2,1-3H3. The van der Waals surface area contributed by atoms with Crippen LogP contribution in [0.2, 0.25) is 0 Å². The van der Waals surface area contributed by atoms with Gasteiger partial charge in [0.15, 0.2) is 0 Å². The van der Waals surface area contributed by atoms with Crippen molar-refractivity contribution in [3.05, 3.63) is 18.1 Å². The molecule has 1 rings (SSSR count). The number of rotatable bonds is 6. The van der Waals surface area contributed by atoms with E-state index in [0.29, 0.717) is 12.5 Å². The van der Waals surface area contributed by atoms with Gasteiger partial charge in [-0.2, -0.15) is 0 Å². The van der Waals surface area contributed by atoms with Crippen LogP contribution in [-0.4, -0.2) is 23.1 Å². The Balaban J connectivity index is 2.77. The molecule has 0 spiro atoms. The molecular formula is C12H22N4. The Bertz CT molecular complexity index is 314. The van der Waals surface area contributed by atoms with E-state index in [1.165, 1.54) is 6.42 Å². The zero-order valence-corrected chi connectivity index (χ0v) is 10.5. The lowest BCUT2D eigenvalue weighted by atomic mass is 10.1. The van der Waals surface area contributed by atoms with Crippen molar-refractivity contribution < 1.29 is 0 Å². The largest absolute Gasteiger partial charge is 0.355 e. The number of hydrogen-bond acceptors (Lipinski definition) is 4. The predicted molar refractivity (Wildman–Crippen MR) is 67.3 cm³/mol. The lowest BCUT2D eigenvalue weighted by Crippen LogP contribution is -2.29. The van der Waals surface area contributed by atoms with Crippen LogP contribution in [0.1, 0.15) is 32.9 Å². The molecule has 90 valence electrons. The van der Waals surface area contributed by atoms with Crippen molar-refractivity contribution in [1.29, 1.82) is 0 Å². The number of nitrogens with zero attached hydrogens (tertiary/aromatic N) is 3. The van der Waals surface area contributed by atoms with Crippen LogP contribution in [0, 0.1) is 5.92 Å². The van der Waals surface area contributed by atoms with Crippen molar-refractivity contribution in [3.63, 3.8) is 0 Å². The normalized spacial score (nSPS) is 12.5. The average Bonchev–Trinajstić information content (AvgIpc) is 2.35. The van der Waals surface area contributed by atoms with Crippen molar-refractivity contribution in [2.24, 2.45) is 11.7 Å². The second-order valence-electron chi connectivity index (χ2n) is 4.12. The molecule has 0 saturated heterocycles. The molecule has 0 aromatic carbocycles. The SMILES string of the molecule is CCC(C)CN(CC)c1cncc(CN)n1. The molecule has 0 saturated carbocycles. The predicted octanol–water partition coefficient (Wildman–Crippen LogP) is 1.81. The highest BCUT2D eigenvalue weighted by atomic mass is 15.2. The van der Waals surface area contributed by atoms with Crippen LogP contribution in [0.4, 0.5) is 5.82 Å². The van der Waals surface area contributed by atoms with Gasteiger partial charge in [-0.3, -0.25) is 4.98 Å². The van der Waals surface area contributed by atoms with Crippen molar-refractivity contribution in [2.75, 3.05) is 18.0 Å². The molecule has 0 aliphatic rings. The molecular weight excluding hydrogens is 200 g/mol. The highest BCUT2D eigenvalue weighted by Gasteiger charge is 2.10. The van der Waals surface area contributed by atoms with E-state index >= 15 is 0 Å². The summed E-state index contributed by atoms with van der Waals surface area (Å²) >= 11 is 0. The van der Waals surface area contributed by atoms with Gasteiger partial charge in [0.2, 0.25) is 0 Å². The Labute approximate surface area is 97.9 Å². The third-order valence-electron chi connectivity index (χ3n) is 2.82. The van der Waals surface area contributed by atoms with Crippen LogP contribution < -0.4 is 10.6 Å². The molecule has 0 aliphatic heterocycles. The Kier molecular flexibility index (Phi) is 5.19. The van der Waals surface area contributed by atoms with E-state index in [1.807, 2.05) is 6.20 Å². The molecule has 1 aromatic rings. The topological polar surface area (TPSA) is 55.0 Å². The van der Waals surface area contributed by atoms with E-state index in [4.69, 9.17) is 5.73 Å². The van der Waals surface area contributed by atoms with Crippen LogP contribution in [0.3, 0.4) is 0 Å². The van der Waals surface area contributed by atoms with Gasteiger partial charge in [0.25, 0.3) is 0 Å². The third-order valence-corrected chi connectivity index (χ3v) is 2.82. The van der Waals surface area contributed by atoms with Crippen LogP contribution >= 0.6 is 0 Å². The summed E-state index contributed by atoms with van der Waals surface area (Å²) in [4.78, 5) is 10.9. The first kappa shape index (κ1) is 12.9. The van der Waals surface area contributed by atoms with Crippen LogP contribution in [0.15, 0.2) is 12.4 Å². The van der Waals surface area contributed by atoms with Gasteiger partial charge in [-0.15, -0.1) is 0 Å². The number of nitrogens with two attached hydrogens (primary N) is 1. The molecule has 0 amide bonds. The quantitative estimate of drug-likeness (QED) is 0.797. The zero-order chi connectivity index (χ0) is 12.0. The van der Waals surface area contributed by atoms with Crippen molar-refractivity contribution in [1.82, 2.24) is 9.97 Å². The average molecular weight is 222 g/mol. The Morgan fingerprint density at radius 1 is 1.38 bits per heavy atom. The summed E-state index contributed by atoms with van der Waals surface area (Å²) in [5, 5.41) is 0. The van der Waals surface area contributed by atoms with Crippen LogP contribution in [0.25, 0.3) is 0 Å². The summed E-state index contributed by atoms with van der Waals surface area (Å²) in [6.07, 6.45) is 4.71. The summed E-state index contributed by atoms with van der Waals surface area (Å²) < 4.78 is 0. The molecule has 0 fully saturated rings. The minimum Gasteiger partial charge on any atom is -0.355 e. The first-order valence-corrected chi connectivity index (χ1v) is 5.97. The Hall–Kier alpha value is -1.16. The number of anilines is 1. The molecule has 1 atom stereocenters. The fourth-order valence-electron chi connectivity index (χ4n) is 1.54. The van der Waals surface area contributed by atoms with E-state index in [1.54, 1.807) is 6.20 Å². The van der Waals surface area contributed by atoms with E-state index < -0.39 is 0 Å². The lowest BCUT2D eigenvalue weighted by Gasteiger charge is -2.24. The number of aromatic nitrogens is 2. The molecule has 1 aromatic heterocycles. The van der Waals surface area contributed by atoms with Crippen molar-refractivity contribution in [2.45, 2.75) is 33.7 Å². The molecule has 0 radical (unpaired) electrons. The molecule has 0 bridgehead atoms. The van der Waals surface area contributed by atoms with Gasteiger partial charge in [-0.1, -0.05) is 20.3 Å². The highest BCUT2D eigenvalue weighted by Crippen LogP contribution is 2.13. The summed E-state index contributed by atoms with van der Waals surface area (Å²) in [5.41, 5.74) is 6.41. The van der Waals surface area contributed by atoms with Gasteiger partial charge in [-0.05, 0) is 12.8 Å². The molecule has 4 heteroatoms. The highest BCUT2D eigenvalue weighted by molar-refractivity contribution is 5.36. The zero-order valence-electron chi connectivity index (χ0n) is 10.5. The molecule has 2 N–H and O–H groups in total. The summed E-state index contributed by atoms with van der Waals surface area (Å²) in [5.74, 6) is 1.61. The second kappa shape index (κ2) is 6.43. The second-order valence-corrected chi connectivity index (χ2v) is 4.12. The maximum absolute atomic E-state index is 5.57. The first-order chi connectivity index (χ1) is 7.71. The minimum atomic E-state index is 0.446. The summed E-state index contributed by atoms with van der Waals surface area (Å²) in [6, 6.07) is 0. The van der Waals surface area contributed by atoms with E-state index in [2.05, 4.69) is 35.6 Å². The Morgan fingerprint density at radius 2 is 2.12 bits per heavy atom. The van der Waals surface area contributed by atoms with E-state index in [0.717, 1.165) is 24.6 Å². The maximum atomic E-state index is 5.57.